The Morgan fingerprint density at radius 3 is 2.66 bits per heavy atom. The number of benzene rings is 2. The van der Waals surface area contributed by atoms with Gasteiger partial charge in [0.05, 0.1) is 24.1 Å². The second-order valence-electron chi connectivity index (χ2n) is 7.76. The van der Waals surface area contributed by atoms with Gasteiger partial charge in [-0.1, -0.05) is 43.4 Å². The van der Waals surface area contributed by atoms with Gasteiger partial charge in [-0.2, -0.15) is 0 Å². The Labute approximate surface area is 186 Å². The Morgan fingerprint density at radius 2 is 1.94 bits per heavy atom. The summed E-state index contributed by atoms with van der Waals surface area (Å²) in [6, 6.07) is 10.7. The maximum atomic E-state index is 13.5. The number of phenolic OH excluding ortho intramolecular Hbond substituents is 1. The molecule has 162 valence electrons. The van der Waals surface area contributed by atoms with E-state index >= 15 is 0 Å². The SMILES string of the molecule is COc1cc([C@H]2c3c(oc4ccccc4c3=O)C(=O)N2c2nnc(C(C)C)s2)ccc1O. The van der Waals surface area contributed by atoms with E-state index in [1.165, 1.54) is 29.4 Å². The van der Waals surface area contributed by atoms with Gasteiger partial charge in [-0.15, -0.1) is 10.2 Å². The van der Waals surface area contributed by atoms with Crippen LogP contribution in [0.4, 0.5) is 5.13 Å². The smallest absolute Gasteiger partial charge is 0.297 e. The number of hydrogen-bond donors (Lipinski definition) is 1. The summed E-state index contributed by atoms with van der Waals surface area (Å²) in [6.45, 7) is 3.98. The summed E-state index contributed by atoms with van der Waals surface area (Å²) in [6.07, 6.45) is 0. The molecule has 1 N–H and O–H groups in total. The van der Waals surface area contributed by atoms with E-state index in [4.69, 9.17) is 9.15 Å². The normalized spacial score (nSPS) is 15.6. The van der Waals surface area contributed by atoms with Crippen molar-refractivity contribution in [1.82, 2.24) is 10.2 Å². The Bertz CT molecular complexity index is 1420. The molecule has 0 bridgehead atoms. The largest absolute Gasteiger partial charge is 0.504 e. The molecule has 9 heteroatoms. The number of anilines is 1. The summed E-state index contributed by atoms with van der Waals surface area (Å²) in [5, 5.41) is 20.0. The molecule has 4 aromatic rings. The first-order valence-electron chi connectivity index (χ1n) is 10.00. The molecule has 1 amide bonds. The number of nitrogens with zero attached hydrogens (tertiary/aromatic N) is 3. The van der Waals surface area contributed by atoms with Crippen LogP contribution < -0.4 is 15.1 Å². The third kappa shape index (κ3) is 2.96. The number of rotatable bonds is 4. The van der Waals surface area contributed by atoms with Crippen LogP contribution in [0.25, 0.3) is 11.0 Å². The van der Waals surface area contributed by atoms with Gasteiger partial charge in [0, 0.05) is 5.92 Å². The molecule has 2 aromatic heterocycles. The van der Waals surface area contributed by atoms with Crippen molar-refractivity contribution < 1.29 is 19.1 Å². The van der Waals surface area contributed by atoms with E-state index in [-0.39, 0.29) is 34.2 Å². The lowest BCUT2D eigenvalue weighted by Gasteiger charge is -2.22. The van der Waals surface area contributed by atoms with Crippen LogP contribution in [0.1, 0.15) is 52.5 Å². The highest BCUT2D eigenvalue weighted by Crippen LogP contribution is 2.44. The van der Waals surface area contributed by atoms with Crippen molar-refractivity contribution in [2.45, 2.75) is 25.8 Å². The summed E-state index contributed by atoms with van der Waals surface area (Å²) in [7, 11) is 1.44. The number of methoxy groups -OCH3 is 1. The van der Waals surface area contributed by atoms with Crippen LogP contribution in [0, 0.1) is 0 Å². The average Bonchev–Trinajstić information content (AvgIpc) is 3.38. The van der Waals surface area contributed by atoms with Crippen molar-refractivity contribution in [3.8, 4) is 11.5 Å². The van der Waals surface area contributed by atoms with Crippen molar-refractivity contribution in [3.63, 3.8) is 0 Å². The molecule has 0 saturated carbocycles. The lowest BCUT2D eigenvalue weighted by atomic mass is 9.98. The van der Waals surface area contributed by atoms with Gasteiger partial charge < -0.3 is 14.3 Å². The van der Waals surface area contributed by atoms with Crippen LogP contribution >= 0.6 is 11.3 Å². The Morgan fingerprint density at radius 1 is 1.16 bits per heavy atom. The molecule has 0 saturated heterocycles. The minimum absolute atomic E-state index is 0.0213. The number of carbonyl (C=O) groups excluding carboxylic acids is 1. The van der Waals surface area contributed by atoms with Gasteiger partial charge in [0.2, 0.25) is 10.9 Å². The van der Waals surface area contributed by atoms with E-state index in [9.17, 15) is 14.7 Å². The van der Waals surface area contributed by atoms with Gasteiger partial charge in [-0.25, -0.2) is 0 Å². The third-order valence-electron chi connectivity index (χ3n) is 5.43. The Hall–Kier alpha value is -3.72. The molecular weight excluding hydrogens is 430 g/mol. The minimum Gasteiger partial charge on any atom is -0.504 e. The van der Waals surface area contributed by atoms with Crippen molar-refractivity contribution in [3.05, 3.63) is 74.6 Å². The molecule has 3 heterocycles. The zero-order chi connectivity index (χ0) is 22.6. The van der Waals surface area contributed by atoms with Crippen LogP contribution in [0.5, 0.6) is 11.5 Å². The van der Waals surface area contributed by atoms with Crippen molar-refractivity contribution in [2.75, 3.05) is 12.0 Å². The first kappa shape index (κ1) is 20.2. The number of amides is 1. The van der Waals surface area contributed by atoms with Crippen molar-refractivity contribution in [1.29, 1.82) is 0 Å². The standard InChI is InChI=1S/C23H19N3O5S/c1-11(2)21-24-25-23(32-21)26-18(12-8-9-14(27)16(10-12)30-3)17-19(28)13-6-4-5-7-15(13)31-20(17)22(26)29/h4-11,18,27H,1-3H3/t18-/m0/s1. The van der Waals surface area contributed by atoms with Crippen LogP contribution in [0.15, 0.2) is 51.7 Å². The summed E-state index contributed by atoms with van der Waals surface area (Å²) >= 11 is 1.29. The first-order valence-corrected chi connectivity index (χ1v) is 10.8. The van der Waals surface area contributed by atoms with E-state index in [2.05, 4.69) is 10.2 Å². The molecule has 5 rings (SSSR count). The second kappa shape index (κ2) is 7.45. The summed E-state index contributed by atoms with van der Waals surface area (Å²) < 4.78 is 11.2. The molecule has 0 fully saturated rings. The fraction of sp³-hybridized carbons (Fsp3) is 0.217. The van der Waals surface area contributed by atoms with Gasteiger partial charge in [0.25, 0.3) is 5.91 Å². The first-order chi connectivity index (χ1) is 15.4. The summed E-state index contributed by atoms with van der Waals surface area (Å²) in [5.41, 5.74) is 0.857. The molecule has 0 spiro atoms. The molecule has 1 aliphatic heterocycles. The number of ether oxygens (including phenoxy) is 1. The van der Waals surface area contributed by atoms with Crippen molar-refractivity contribution in [2.24, 2.45) is 0 Å². The molecular formula is C23H19N3O5S. The van der Waals surface area contributed by atoms with Gasteiger partial charge in [-0.05, 0) is 29.8 Å². The summed E-state index contributed by atoms with van der Waals surface area (Å²) in [4.78, 5) is 28.5. The highest BCUT2D eigenvalue weighted by molar-refractivity contribution is 7.15. The molecule has 0 unspecified atom stereocenters. The average molecular weight is 449 g/mol. The molecule has 1 atom stereocenters. The molecule has 2 aromatic carbocycles. The minimum atomic E-state index is -0.805. The van der Waals surface area contributed by atoms with Gasteiger partial charge in [-0.3, -0.25) is 14.5 Å². The lowest BCUT2D eigenvalue weighted by molar-refractivity contribution is 0.0970. The highest BCUT2D eigenvalue weighted by Gasteiger charge is 2.45. The monoisotopic (exact) mass is 449 g/mol. The van der Waals surface area contributed by atoms with E-state index in [0.717, 1.165) is 5.01 Å². The van der Waals surface area contributed by atoms with E-state index < -0.39 is 11.9 Å². The van der Waals surface area contributed by atoms with Crippen LogP contribution in [-0.4, -0.2) is 28.3 Å². The third-order valence-corrected chi connectivity index (χ3v) is 6.65. The zero-order valence-corrected chi connectivity index (χ0v) is 18.3. The molecule has 8 nitrogen and oxygen atoms in total. The maximum Gasteiger partial charge on any atom is 0.297 e. The van der Waals surface area contributed by atoms with E-state index in [0.29, 0.717) is 21.7 Å². The van der Waals surface area contributed by atoms with Gasteiger partial charge >= 0.3 is 0 Å². The number of fused-ring (bicyclic) bond motifs is 2. The maximum absolute atomic E-state index is 13.5. The second-order valence-corrected chi connectivity index (χ2v) is 8.74. The Balaban J connectivity index is 1.79. The number of phenols is 1. The van der Waals surface area contributed by atoms with E-state index in [1.54, 1.807) is 36.4 Å². The molecule has 32 heavy (non-hydrogen) atoms. The topological polar surface area (TPSA) is 106 Å². The predicted octanol–water partition coefficient (Wildman–Crippen LogP) is 4.23. The summed E-state index contributed by atoms with van der Waals surface area (Å²) in [5.74, 6) is -0.168. The number of aromatic nitrogens is 2. The fourth-order valence-corrected chi connectivity index (χ4v) is 4.73. The number of hydrogen-bond acceptors (Lipinski definition) is 8. The van der Waals surface area contributed by atoms with Crippen molar-refractivity contribution >= 4 is 33.3 Å². The number of aromatic hydroxyl groups is 1. The fourth-order valence-electron chi connectivity index (χ4n) is 3.85. The lowest BCUT2D eigenvalue weighted by Crippen LogP contribution is -2.29. The van der Waals surface area contributed by atoms with Crippen LogP contribution in [0.3, 0.4) is 0 Å². The molecule has 0 radical (unpaired) electrons. The van der Waals surface area contributed by atoms with Crippen LogP contribution in [0.2, 0.25) is 0 Å². The Kier molecular flexibility index (Phi) is 4.70. The predicted molar refractivity (Wildman–Crippen MR) is 120 cm³/mol. The van der Waals surface area contributed by atoms with Crippen LogP contribution in [-0.2, 0) is 0 Å². The highest BCUT2D eigenvalue weighted by atomic mass is 32.1. The molecule has 1 aliphatic rings. The quantitative estimate of drug-likeness (QED) is 0.497. The molecule has 0 aliphatic carbocycles. The van der Waals surface area contributed by atoms with E-state index in [1.807, 2.05) is 13.8 Å². The van der Waals surface area contributed by atoms with Gasteiger partial charge in [0.1, 0.15) is 10.6 Å². The zero-order valence-electron chi connectivity index (χ0n) is 17.5. The van der Waals surface area contributed by atoms with Gasteiger partial charge in [0.15, 0.2) is 16.9 Å². The number of carbonyl (C=O) groups is 1. The number of para-hydroxylation sites is 1.